The van der Waals surface area contributed by atoms with Gasteiger partial charge in [0.05, 0.1) is 5.02 Å². The number of benzene rings is 1. The predicted molar refractivity (Wildman–Crippen MR) is 86.6 cm³/mol. The molecule has 0 spiro atoms. The van der Waals surface area contributed by atoms with E-state index in [0.29, 0.717) is 12.3 Å². The number of hydrogen-bond donors (Lipinski definition) is 0. The molecule has 0 aromatic heterocycles. The third kappa shape index (κ3) is 5.28. The van der Waals surface area contributed by atoms with Crippen LogP contribution in [0.2, 0.25) is 5.02 Å². The van der Waals surface area contributed by atoms with E-state index in [0.717, 1.165) is 18.4 Å². The Hall–Kier alpha value is -1.09. The summed E-state index contributed by atoms with van der Waals surface area (Å²) < 4.78 is 18.4. The van der Waals surface area contributed by atoms with Crippen molar-refractivity contribution in [2.75, 3.05) is 0 Å². The second-order valence-electron chi connectivity index (χ2n) is 6.26. The Labute approximate surface area is 137 Å². The summed E-state index contributed by atoms with van der Waals surface area (Å²) in [5, 5.41) is 0.0311. The Morgan fingerprint density at radius 3 is 2.45 bits per heavy atom. The fourth-order valence-corrected chi connectivity index (χ4v) is 3.38. The highest BCUT2D eigenvalue weighted by Crippen LogP contribution is 2.33. The molecule has 1 aliphatic carbocycles. The summed E-state index contributed by atoms with van der Waals surface area (Å²) in [6.07, 6.45) is 8.87. The summed E-state index contributed by atoms with van der Waals surface area (Å²) in [5.74, 6) is 0.866. The molecule has 122 valence electrons. The van der Waals surface area contributed by atoms with Gasteiger partial charge in [-0.15, -0.1) is 0 Å². The van der Waals surface area contributed by atoms with Crippen LogP contribution in [0.3, 0.4) is 0 Å². The van der Waals surface area contributed by atoms with Gasteiger partial charge in [0.2, 0.25) is 0 Å². The van der Waals surface area contributed by atoms with Crippen molar-refractivity contribution in [3.05, 3.63) is 29.0 Å². The predicted octanol–water partition coefficient (Wildman–Crippen LogP) is 5.77. The molecule has 1 aromatic carbocycles. The highest BCUT2D eigenvalue weighted by atomic mass is 35.5. The molecule has 0 amide bonds. The van der Waals surface area contributed by atoms with Crippen molar-refractivity contribution < 1.29 is 13.9 Å². The molecule has 4 heteroatoms. The molecule has 2 rings (SSSR count). The third-order valence-corrected chi connectivity index (χ3v) is 4.85. The van der Waals surface area contributed by atoms with Crippen LogP contribution in [0, 0.1) is 17.7 Å². The van der Waals surface area contributed by atoms with E-state index >= 15 is 0 Å². The molecule has 0 N–H and O–H groups in total. The minimum atomic E-state index is -0.568. The molecule has 1 aliphatic rings. The van der Waals surface area contributed by atoms with Gasteiger partial charge in [-0.25, -0.2) is 4.39 Å². The minimum absolute atomic E-state index is 0.0311. The standard InChI is InChI=1S/C18H24ClFO2/c1-2-3-13-4-6-14(7-5-13)8-11-18(21)22-15-9-10-16(19)17(20)12-15/h9-10,12-14H,2-8,11H2,1H3. The second-order valence-corrected chi connectivity index (χ2v) is 6.67. The van der Waals surface area contributed by atoms with Gasteiger partial charge in [0, 0.05) is 12.5 Å². The van der Waals surface area contributed by atoms with Crippen LogP contribution < -0.4 is 4.74 Å². The number of ether oxygens (including phenoxy) is 1. The van der Waals surface area contributed by atoms with Crippen molar-refractivity contribution in [2.45, 2.75) is 58.3 Å². The molecule has 0 radical (unpaired) electrons. The van der Waals surface area contributed by atoms with Gasteiger partial charge in [0.15, 0.2) is 0 Å². The van der Waals surface area contributed by atoms with Gasteiger partial charge < -0.3 is 4.74 Å². The van der Waals surface area contributed by atoms with Gasteiger partial charge in [0.1, 0.15) is 11.6 Å². The normalized spacial score (nSPS) is 21.6. The van der Waals surface area contributed by atoms with Crippen molar-refractivity contribution in [1.29, 1.82) is 0 Å². The molecule has 0 aliphatic heterocycles. The van der Waals surface area contributed by atoms with E-state index in [2.05, 4.69) is 6.92 Å². The first-order valence-corrected chi connectivity index (χ1v) is 8.62. The summed E-state index contributed by atoms with van der Waals surface area (Å²) in [7, 11) is 0. The number of esters is 1. The molecule has 0 saturated heterocycles. The zero-order valence-corrected chi connectivity index (χ0v) is 13.9. The average molecular weight is 327 g/mol. The van der Waals surface area contributed by atoms with Crippen LogP contribution in [0.15, 0.2) is 18.2 Å². The van der Waals surface area contributed by atoms with Crippen LogP contribution in [0.5, 0.6) is 5.75 Å². The van der Waals surface area contributed by atoms with Gasteiger partial charge in [-0.3, -0.25) is 4.79 Å². The van der Waals surface area contributed by atoms with Crippen LogP contribution in [0.1, 0.15) is 58.3 Å². The molecule has 2 nitrogen and oxygen atoms in total. The fraction of sp³-hybridized carbons (Fsp3) is 0.611. The second kappa shape index (κ2) is 8.52. The van der Waals surface area contributed by atoms with Crippen LogP contribution in [-0.4, -0.2) is 5.97 Å². The van der Waals surface area contributed by atoms with E-state index in [1.165, 1.54) is 50.7 Å². The van der Waals surface area contributed by atoms with Crippen LogP contribution in [0.4, 0.5) is 4.39 Å². The number of carbonyl (C=O) groups is 1. The Kier molecular flexibility index (Phi) is 6.69. The summed E-state index contributed by atoms with van der Waals surface area (Å²) >= 11 is 5.60. The zero-order chi connectivity index (χ0) is 15.9. The molecule has 0 heterocycles. The van der Waals surface area contributed by atoms with Gasteiger partial charge in [0.25, 0.3) is 0 Å². The van der Waals surface area contributed by atoms with E-state index < -0.39 is 5.82 Å². The van der Waals surface area contributed by atoms with Crippen molar-refractivity contribution in [1.82, 2.24) is 0 Å². The monoisotopic (exact) mass is 326 g/mol. The number of carbonyl (C=O) groups excluding carboxylic acids is 1. The lowest BCUT2D eigenvalue weighted by molar-refractivity contribution is -0.134. The van der Waals surface area contributed by atoms with Gasteiger partial charge in [-0.1, -0.05) is 57.0 Å². The van der Waals surface area contributed by atoms with E-state index in [4.69, 9.17) is 16.3 Å². The lowest BCUT2D eigenvalue weighted by atomic mass is 9.78. The molecular formula is C18H24ClFO2. The van der Waals surface area contributed by atoms with Crippen molar-refractivity contribution in [3.63, 3.8) is 0 Å². The largest absolute Gasteiger partial charge is 0.426 e. The third-order valence-electron chi connectivity index (χ3n) is 4.54. The highest BCUT2D eigenvalue weighted by Gasteiger charge is 2.21. The Morgan fingerprint density at radius 2 is 1.86 bits per heavy atom. The average Bonchev–Trinajstić information content (AvgIpc) is 2.51. The van der Waals surface area contributed by atoms with E-state index in [-0.39, 0.29) is 16.7 Å². The lowest BCUT2D eigenvalue weighted by Gasteiger charge is -2.28. The van der Waals surface area contributed by atoms with Crippen LogP contribution in [0.25, 0.3) is 0 Å². The van der Waals surface area contributed by atoms with Crippen LogP contribution in [-0.2, 0) is 4.79 Å². The van der Waals surface area contributed by atoms with Gasteiger partial charge >= 0.3 is 5.97 Å². The quantitative estimate of drug-likeness (QED) is 0.490. The molecule has 0 bridgehead atoms. The van der Waals surface area contributed by atoms with Crippen molar-refractivity contribution in [3.8, 4) is 5.75 Å². The minimum Gasteiger partial charge on any atom is -0.426 e. The van der Waals surface area contributed by atoms with E-state index in [1.54, 1.807) is 0 Å². The first-order chi connectivity index (χ1) is 10.6. The fourth-order valence-electron chi connectivity index (χ4n) is 3.26. The molecule has 0 atom stereocenters. The molecule has 1 saturated carbocycles. The summed E-state index contributed by atoms with van der Waals surface area (Å²) in [4.78, 5) is 11.8. The van der Waals surface area contributed by atoms with Crippen molar-refractivity contribution in [2.24, 2.45) is 11.8 Å². The molecule has 22 heavy (non-hydrogen) atoms. The van der Waals surface area contributed by atoms with Crippen LogP contribution >= 0.6 is 11.6 Å². The Balaban J connectivity index is 1.71. The highest BCUT2D eigenvalue weighted by molar-refractivity contribution is 6.30. The first kappa shape index (κ1) is 17.3. The lowest BCUT2D eigenvalue weighted by Crippen LogP contribution is -2.17. The maximum absolute atomic E-state index is 13.3. The van der Waals surface area contributed by atoms with Gasteiger partial charge in [-0.05, 0) is 30.4 Å². The molecule has 1 fully saturated rings. The molecule has 1 aromatic rings. The zero-order valence-electron chi connectivity index (χ0n) is 13.1. The van der Waals surface area contributed by atoms with E-state index in [1.807, 2.05) is 0 Å². The molecular weight excluding hydrogens is 303 g/mol. The smallest absolute Gasteiger partial charge is 0.311 e. The maximum Gasteiger partial charge on any atom is 0.311 e. The SMILES string of the molecule is CCCC1CCC(CCC(=O)Oc2ccc(Cl)c(F)c2)CC1. The number of rotatable bonds is 6. The Morgan fingerprint density at radius 1 is 1.23 bits per heavy atom. The summed E-state index contributed by atoms with van der Waals surface area (Å²) in [5.41, 5.74) is 0. The maximum atomic E-state index is 13.3. The van der Waals surface area contributed by atoms with Gasteiger partial charge in [-0.2, -0.15) is 0 Å². The molecule has 0 unspecified atom stereocenters. The van der Waals surface area contributed by atoms with E-state index in [9.17, 15) is 9.18 Å². The summed E-state index contributed by atoms with van der Waals surface area (Å²) in [6, 6.07) is 4.06. The first-order valence-electron chi connectivity index (χ1n) is 8.24. The number of hydrogen-bond acceptors (Lipinski definition) is 2. The topological polar surface area (TPSA) is 26.3 Å². The Bertz CT molecular complexity index is 496. The number of halogens is 2. The van der Waals surface area contributed by atoms with Crippen molar-refractivity contribution >= 4 is 17.6 Å². The summed E-state index contributed by atoms with van der Waals surface area (Å²) in [6.45, 7) is 2.24.